The zero-order valence-corrected chi connectivity index (χ0v) is 9.97. The Kier molecular flexibility index (Phi) is 3.98. The van der Waals surface area contributed by atoms with Gasteiger partial charge in [-0.25, -0.2) is 0 Å². The molecule has 1 unspecified atom stereocenters. The molecular formula is C14H15NO3. The van der Waals surface area contributed by atoms with E-state index >= 15 is 0 Å². The van der Waals surface area contributed by atoms with E-state index in [1.54, 1.807) is 29.2 Å². The number of benzene rings is 1. The molecule has 2 N–H and O–H groups in total. The van der Waals surface area contributed by atoms with E-state index in [1.165, 1.54) is 0 Å². The van der Waals surface area contributed by atoms with Gasteiger partial charge in [-0.15, -0.1) is 0 Å². The molecule has 0 bridgehead atoms. The van der Waals surface area contributed by atoms with E-state index in [0.717, 1.165) is 5.56 Å². The Labute approximate surface area is 106 Å². The van der Waals surface area contributed by atoms with Crippen molar-refractivity contribution in [1.82, 2.24) is 4.90 Å². The highest BCUT2D eigenvalue weighted by Crippen LogP contribution is 2.14. The second-order valence-electron chi connectivity index (χ2n) is 4.23. The monoisotopic (exact) mass is 245 g/mol. The topological polar surface area (TPSA) is 60.8 Å². The number of aliphatic hydroxyl groups is 2. The van der Waals surface area contributed by atoms with Gasteiger partial charge in [0.05, 0.1) is 6.10 Å². The van der Waals surface area contributed by atoms with Crippen molar-refractivity contribution >= 4 is 5.91 Å². The van der Waals surface area contributed by atoms with Crippen LogP contribution in [0.15, 0.2) is 24.3 Å². The normalized spacial score (nSPS) is 18.3. The Bertz CT molecular complexity index is 484. The zero-order valence-electron chi connectivity index (χ0n) is 9.97. The van der Waals surface area contributed by atoms with Gasteiger partial charge in [-0.2, -0.15) is 0 Å². The van der Waals surface area contributed by atoms with Gasteiger partial charge in [0.1, 0.15) is 6.61 Å². The molecule has 0 aromatic heterocycles. The van der Waals surface area contributed by atoms with Crippen LogP contribution in [0.25, 0.3) is 0 Å². The van der Waals surface area contributed by atoms with Crippen molar-refractivity contribution in [3.63, 3.8) is 0 Å². The summed E-state index contributed by atoms with van der Waals surface area (Å²) in [6.07, 6.45) is 0.245. The predicted molar refractivity (Wildman–Crippen MR) is 66.9 cm³/mol. The highest BCUT2D eigenvalue weighted by Gasteiger charge is 2.25. The Morgan fingerprint density at radius 3 is 2.67 bits per heavy atom. The lowest BCUT2D eigenvalue weighted by atomic mass is 10.1. The fourth-order valence-corrected chi connectivity index (χ4v) is 1.95. The van der Waals surface area contributed by atoms with E-state index < -0.39 is 6.10 Å². The lowest BCUT2D eigenvalue weighted by Crippen LogP contribution is -2.29. The van der Waals surface area contributed by atoms with Crippen LogP contribution >= 0.6 is 0 Å². The highest BCUT2D eigenvalue weighted by molar-refractivity contribution is 5.94. The number of amides is 1. The zero-order chi connectivity index (χ0) is 13.0. The summed E-state index contributed by atoms with van der Waals surface area (Å²) >= 11 is 0. The first-order chi connectivity index (χ1) is 8.70. The molecule has 1 atom stereocenters. The molecule has 1 aromatic carbocycles. The fourth-order valence-electron chi connectivity index (χ4n) is 1.95. The quantitative estimate of drug-likeness (QED) is 0.697. The third-order valence-electron chi connectivity index (χ3n) is 2.89. The van der Waals surface area contributed by atoms with Crippen LogP contribution in [-0.4, -0.2) is 46.8 Å². The Hall–Kier alpha value is -1.83. The number of nitrogens with zero attached hydrogens (tertiary/aromatic N) is 1. The minimum atomic E-state index is -0.399. The van der Waals surface area contributed by atoms with Crippen molar-refractivity contribution in [3.05, 3.63) is 35.4 Å². The molecule has 4 nitrogen and oxygen atoms in total. The van der Waals surface area contributed by atoms with Crippen molar-refractivity contribution in [2.45, 2.75) is 12.5 Å². The summed E-state index contributed by atoms with van der Waals surface area (Å²) in [5, 5.41) is 18.0. The molecule has 0 spiro atoms. The van der Waals surface area contributed by atoms with Crippen LogP contribution in [0.1, 0.15) is 22.3 Å². The molecule has 1 saturated heterocycles. The molecule has 0 radical (unpaired) electrons. The molecule has 1 aliphatic heterocycles. The first-order valence-corrected chi connectivity index (χ1v) is 5.88. The average molecular weight is 245 g/mol. The summed E-state index contributed by atoms with van der Waals surface area (Å²) in [5.41, 5.74) is 1.36. The third-order valence-corrected chi connectivity index (χ3v) is 2.89. The van der Waals surface area contributed by atoms with E-state index in [9.17, 15) is 9.90 Å². The minimum absolute atomic E-state index is 0.0618. The minimum Gasteiger partial charge on any atom is -0.391 e. The van der Waals surface area contributed by atoms with E-state index in [0.29, 0.717) is 25.1 Å². The number of hydrogen-bond acceptors (Lipinski definition) is 3. The van der Waals surface area contributed by atoms with Crippen LogP contribution in [0.2, 0.25) is 0 Å². The first-order valence-electron chi connectivity index (χ1n) is 5.88. The largest absolute Gasteiger partial charge is 0.391 e. The van der Waals surface area contributed by atoms with Crippen molar-refractivity contribution in [3.8, 4) is 11.8 Å². The molecule has 1 heterocycles. The van der Waals surface area contributed by atoms with Crippen LogP contribution in [0, 0.1) is 11.8 Å². The predicted octanol–water partition coefficient (Wildman–Crippen LogP) is 0.237. The van der Waals surface area contributed by atoms with Crippen molar-refractivity contribution in [2.75, 3.05) is 19.7 Å². The van der Waals surface area contributed by atoms with Gasteiger partial charge >= 0.3 is 0 Å². The van der Waals surface area contributed by atoms with Crippen LogP contribution < -0.4 is 0 Å². The Morgan fingerprint density at radius 1 is 1.39 bits per heavy atom. The number of hydrogen-bond donors (Lipinski definition) is 2. The smallest absolute Gasteiger partial charge is 0.253 e. The molecule has 0 saturated carbocycles. The van der Waals surface area contributed by atoms with E-state index in [1.807, 2.05) is 0 Å². The molecule has 18 heavy (non-hydrogen) atoms. The lowest BCUT2D eigenvalue weighted by Gasteiger charge is -2.15. The molecule has 1 fully saturated rings. The highest BCUT2D eigenvalue weighted by atomic mass is 16.3. The number of likely N-dealkylation sites (tertiary alicyclic amines) is 1. The van der Waals surface area contributed by atoms with Crippen LogP contribution in [0.4, 0.5) is 0 Å². The summed E-state index contributed by atoms with van der Waals surface area (Å²) in [7, 11) is 0. The third kappa shape index (κ3) is 2.89. The van der Waals surface area contributed by atoms with E-state index in [-0.39, 0.29) is 12.5 Å². The number of aliphatic hydroxyl groups excluding tert-OH is 2. The van der Waals surface area contributed by atoms with Gasteiger partial charge < -0.3 is 15.1 Å². The molecular weight excluding hydrogens is 230 g/mol. The second kappa shape index (κ2) is 5.67. The van der Waals surface area contributed by atoms with Gasteiger partial charge in [-0.05, 0) is 30.7 Å². The number of carbonyl (C=O) groups is 1. The summed E-state index contributed by atoms with van der Waals surface area (Å²) in [6, 6.07) is 6.94. The molecule has 1 aliphatic rings. The van der Waals surface area contributed by atoms with Gasteiger partial charge in [-0.1, -0.05) is 11.8 Å². The van der Waals surface area contributed by atoms with Crippen molar-refractivity contribution in [1.29, 1.82) is 0 Å². The van der Waals surface area contributed by atoms with Gasteiger partial charge in [0.2, 0.25) is 0 Å². The van der Waals surface area contributed by atoms with Crippen LogP contribution in [0.3, 0.4) is 0 Å². The molecule has 0 aliphatic carbocycles. The molecule has 1 amide bonds. The van der Waals surface area contributed by atoms with Crippen molar-refractivity contribution in [2.24, 2.45) is 0 Å². The first kappa shape index (κ1) is 12.6. The van der Waals surface area contributed by atoms with E-state index in [4.69, 9.17) is 5.11 Å². The Balaban J connectivity index is 2.07. The number of β-amino-alcohol motifs (C(OH)–C–C–N with tert-alkyl or cyclic N) is 1. The van der Waals surface area contributed by atoms with Gasteiger partial charge in [0.25, 0.3) is 5.91 Å². The maximum Gasteiger partial charge on any atom is 0.253 e. The molecule has 2 rings (SSSR count). The molecule has 4 heteroatoms. The summed E-state index contributed by atoms with van der Waals surface area (Å²) < 4.78 is 0. The van der Waals surface area contributed by atoms with E-state index in [2.05, 4.69) is 11.8 Å². The van der Waals surface area contributed by atoms with Gasteiger partial charge in [0, 0.05) is 24.2 Å². The van der Waals surface area contributed by atoms with Crippen LogP contribution in [-0.2, 0) is 0 Å². The summed E-state index contributed by atoms with van der Waals surface area (Å²) in [6.45, 7) is 0.837. The molecule has 1 aromatic rings. The maximum absolute atomic E-state index is 12.1. The summed E-state index contributed by atoms with van der Waals surface area (Å²) in [5.74, 6) is 5.26. The number of rotatable bonds is 1. The average Bonchev–Trinajstić information content (AvgIpc) is 2.83. The van der Waals surface area contributed by atoms with Gasteiger partial charge in [0.15, 0.2) is 0 Å². The molecule has 94 valence electrons. The van der Waals surface area contributed by atoms with Crippen molar-refractivity contribution < 1.29 is 15.0 Å². The SMILES string of the molecule is O=C(c1ccc(C#CCO)cc1)N1CCC(O)C1. The standard InChI is InChI=1S/C14H15NO3/c16-9-1-2-11-3-5-12(6-4-11)14(18)15-8-7-13(17)10-15/h3-6,13,16-17H,7-10H2. The fraction of sp³-hybridized carbons (Fsp3) is 0.357. The second-order valence-corrected chi connectivity index (χ2v) is 4.23. The number of carbonyl (C=O) groups excluding carboxylic acids is 1. The van der Waals surface area contributed by atoms with Crippen LogP contribution in [0.5, 0.6) is 0 Å². The summed E-state index contributed by atoms with van der Waals surface area (Å²) in [4.78, 5) is 13.7. The Morgan fingerprint density at radius 2 is 2.11 bits per heavy atom. The maximum atomic E-state index is 12.1. The lowest BCUT2D eigenvalue weighted by molar-refractivity contribution is 0.0765. The van der Waals surface area contributed by atoms with Gasteiger partial charge in [-0.3, -0.25) is 4.79 Å².